The molecule has 0 saturated carbocycles. The molecule has 2 N–H and O–H groups in total. The van der Waals surface area contributed by atoms with E-state index in [-0.39, 0.29) is 17.4 Å². The SMILES string of the molecule is CCC1(c2cccc(NS(C)(=O)=O)c2)C2=CN=NC2NC2=C1C(=O)CC(C)(C)C2. The number of rotatable bonds is 4. The summed E-state index contributed by atoms with van der Waals surface area (Å²) >= 11 is 0. The fraction of sp³-hybridized carbons (Fsp3) is 0.476. The summed E-state index contributed by atoms with van der Waals surface area (Å²) in [4.78, 5) is 13.4. The second kappa shape index (κ2) is 6.52. The molecule has 3 aliphatic rings. The van der Waals surface area contributed by atoms with Crippen LogP contribution >= 0.6 is 0 Å². The predicted molar refractivity (Wildman–Crippen MR) is 112 cm³/mol. The molecule has 2 heterocycles. The Labute approximate surface area is 171 Å². The second-order valence-electron chi connectivity index (χ2n) is 8.87. The lowest BCUT2D eigenvalue weighted by molar-refractivity contribution is -0.119. The van der Waals surface area contributed by atoms with E-state index in [4.69, 9.17) is 0 Å². The maximum atomic E-state index is 13.4. The number of fused-ring (bicyclic) bond motifs is 1. The Balaban J connectivity index is 1.94. The molecule has 29 heavy (non-hydrogen) atoms. The van der Waals surface area contributed by atoms with Crippen molar-refractivity contribution in [3.05, 3.63) is 52.9 Å². The Bertz CT molecular complexity index is 1080. The van der Waals surface area contributed by atoms with Crippen molar-refractivity contribution < 1.29 is 13.2 Å². The smallest absolute Gasteiger partial charge is 0.229 e. The molecule has 0 amide bonds. The van der Waals surface area contributed by atoms with Crippen molar-refractivity contribution in [1.29, 1.82) is 0 Å². The van der Waals surface area contributed by atoms with Gasteiger partial charge in [0.25, 0.3) is 0 Å². The molecule has 4 rings (SSSR count). The van der Waals surface area contributed by atoms with Crippen LogP contribution in [0.2, 0.25) is 0 Å². The van der Waals surface area contributed by atoms with E-state index < -0.39 is 15.4 Å². The Morgan fingerprint density at radius 3 is 2.72 bits per heavy atom. The lowest BCUT2D eigenvalue weighted by atomic mass is 9.59. The van der Waals surface area contributed by atoms with E-state index in [9.17, 15) is 13.2 Å². The van der Waals surface area contributed by atoms with Crippen molar-refractivity contribution in [2.24, 2.45) is 15.6 Å². The number of azo groups is 1. The third-order valence-electron chi connectivity index (χ3n) is 5.97. The molecule has 0 fully saturated rings. The van der Waals surface area contributed by atoms with Crippen molar-refractivity contribution >= 4 is 21.5 Å². The summed E-state index contributed by atoms with van der Waals surface area (Å²) in [7, 11) is -3.41. The minimum atomic E-state index is -3.41. The molecule has 2 unspecified atom stereocenters. The zero-order valence-electron chi connectivity index (χ0n) is 17.1. The van der Waals surface area contributed by atoms with E-state index in [0.29, 0.717) is 18.5 Å². The van der Waals surface area contributed by atoms with E-state index in [1.165, 1.54) is 0 Å². The molecular weight excluding hydrogens is 388 g/mol. The zero-order valence-corrected chi connectivity index (χ0v) is 17.9. The highest BCUT2D eigenvalue weighted by Crippen LogP contribution is 2.53. The van der Waals surface area contributed by atoms with Crippen LogP contribution in [0.3, 0.4) is 0 Å². The van der Waals surface area contributed by atoms with E-state index in [1.807, 2.05) is 18.2 Å². The lowest BCUT2D eigenvalue weighted by Gasteiger charge is -2.47. The number of ketones is 1. The Kier molecular flexibility index (Phi) is 4.45. The monoisotopic (exact) mass is 414 g/mol. The molecule has 154 valence electrons. The van der Waals surface area contributed by atoms with Gasteiger partial charge in [-0.15, -0.1) is 0 Å². The Hall–Kier alpha value is -2.48. The van der Waals surface area contributed by atoms with Crippen LogP contribution in [0, 0.1) is 5.41 Å². The van der Waals surface area contributed by atoms with Gasteiger partial charge in [0.05, 0.1) is 17.9 Å². The first-order chi connectivity index (χ1) is 13.6. The van der Waals surface area contributed by atoms with Gasteiger partial charge in [-0.3, -0.25) is 9.52 Å². The molecular formula is C21H26N4O3S. The molecule has 0 bridgehead atoms. The Morgan fingerprint density at radius 2 is 2.03 bits per heavy atom. The van der Waals surface area contributed by atoms with Crippen LogP contribution in [0.15, 0.2) is 57.5 Å². The average Bonchev–Trinajstić information content (AvgIpc) is 3.06. The van der Waals surface area contributed by atoms with E-state index >= 15 is 0 Å². The number of nitrogens with one attached hydrogen (secondary N) is 2. The highest BCUT2D eigenvalue weighted by Gasteiger charge is 2.52. The summed E-state index contributed by atoms with van der Waals surface area (Å²) in [6.07, 6.45) is 4.45. The van der Waals surface area contributed by atoms with Crippen molar-refractivity contribution in [3.63, 3.8) is 0 Å². The van der Waals surface area contributed by atoms with Gasteiger partial charge in [0.1, 0.15) is 0 Å². The number of Topliss-reactive ketones (excluding diaryl/α,β-unsaturated/α-hetero) is 1. The molecule has 0 radical (unpaired) electrons. The van der Waals surface area contributed by atoms with Crippen LogP contribution in [0.1, 0.15) is 45.6 Å². The molecule has 0 aromatic heterocycles. The largest absolute Gasteiger partial charge is 0.362 e. The highest BCUT2D eigenvalue weighted by molar-refractivity contribution is 7.92. The number of anilines is 1. The summed E-state index contributed by atoms with van der Waals surface area (Å²) in [5.74, 6) is 0.123. The molecule has 0 saturated heterocycles. The van der Waals surface area contributed by atoms with Gasteiger partial charge in [-0.05, 0) is 36.0 Å². The highest BCUT2D eigenvalue weighted by atomic mass is 32.2. The molecule has 1 aromatic rings. The van der Waals surface area contributed by atoms with Gasteiger partial charge in [-0.25, -0.2) is 8.42 Å². The summed E-state index contributed by atoms with van der Waals surface area (Å²) in [6.45, 7) is 6.25. The summed E-state index contributed by atoms with van der Waals surface area (Å²) < 4.78 is 26.0. The van der Waals surface area contributed by atoms with Gasteiger partial charge in [0, 0.05) is 29.0 Å². The van der Waals surface area contributed by atoms with Crippen LogP contribution in [-0.4, -0.2) is 26.6 Å². The molecule has 2 aliphatic heterocycles. The van der Waals surface area contributed by atoms with Gasteiger partial charge >= 0.3 is 0 Å². The maximum absolute atomic E-state index is 13.4. The quantitative estimate of drug-likeness (QED) is 0.786. The van der Waals surface area contributed by atoms with Gasteiger partial charge < -0.3 is 5.32 Å². The van der Waals surface area contributed by atoms with E-state index in [1.54, 1.807) is 12.3 Å². The van der Waals surface area contributed by atoms with Crippen molar-refractivity contribution in [3.8, 4) is 0 Å². The third kappa shape index (κ3) is 3.29. The van der Waals surface area contributed by atoms with Crippen molar-refractivity contribution in [2.75, 3.05) is 11.0 Å². The number of carbonyl (C=O) groups excluding carboxylic acids is 1. The van der Waals surface area contributed by atoms with Crippen LogP contribution in [0.5, 0.6) is 0 Å². The summed E-state index contributed by atoms with van der Waals surface area (Å²) in [6, 6.07) is 7.31. The first kappa shape index (κ1) is 19.8. The number of allylic oxidation sites excluding steroid dienone is 2. The third-order valence-corrected chi connectivity index (χ3v) is 6.57. The average molecular weight is 415 g/mol. The fourth-order valence-electron chi connectivity index (χ4n) is 4.95. The van der Waals surface area contributed by atoms with Crippen LogP contribution in [-0.2, 0) is 20.2 Å². The number of benzene rings is 1. The first-order valence-corrected chi connectivity index (χ1v) is 11.7. The lowest BCUT2D eigenvalue weighted by Crippen LogP contribution is -2.51. The topological polar surface area (TPSA) is 100.0 Å². The normalized spacial score (nSPS) is 27.8. The van der Waals surface area contributed by atoms with Gasteiger partial charge in [-0.2, -0.15) is 10.2 Å². The number of hydrogen-bond acceptors (Lipinski definition) is 6. The number of sulfonamides is 1. The molecule has 7 nitrogen and oxygen atoms in total. The molecule has 2 atom stereocenters. The van der Waals surface area contributed by atoms with Gasteiger partial charge in [0.15, 0.2) is 11.9 Å². The van der Waals surface area contributed by atoms with E-state index in [0.717, 1.165) is 35.1 Å². The van der Waals surface area contributed by atoms with Crippen LogP contribution < -0.4 is 10.0 Å². The van der Waals surface area contributed by atoms with Crippen molar-refractivity contribution in [2.45, 2.75) is 51.6 Å². The number of nitrogens with zero attached hydrogens (tertiary/aromatic N) is 2. The fourth-order valence-corrected chi connectivity index (χ4v) is 5.51. The number of hydrogen-bond donors (Lipinski definition) is 2. The minimum absolute atomic E-state index is 0.123. The number of carbonyl (C=O) groups is 1. The van der Waals surface area contributed by atoms with Gasteiger partial charge in [-0.1, -0.05) is 32.9 Å². The van der Waals surface area contributed by atoms with Crippen LogP contribution in [0.25, 0.3) is 0 Å². The molecule has 1 aromatic carbocycles. The van der Waals surface area contributed by atoms with E-state index in [2.05, 4.69) is 41.0 Å². The zero-order chi connectivity index (χ0) is 21.0. The summed E-state index contributed by atoms with van der Waals surface area (Å²) in [5.41, 5.74) is 3.17. The summed E-state index contributed by atoms with van der Waals surface area (Å²) in [5, 5.41) is 11.9. The van der Waals surface area contributed by atoms with Crippen molar-refractivity contribution in [1.82, 2.24) is 5.32 Å². The predicted octanol–water partition coefficient (Wildman–Crippen LogP) is 3.63. The van der Waals surface area contributed by atoms with Gasteiger partial charge in [0.2, 0.25) is 10.0 Å². The molecule has 8 heteroatoms. The Morgan fingerprint density at radius 1 is 1.28 bits per heavy atom. The first-order valence-electron chi connectivity index (χ1n) is 9.78. The standard InChI is InChI=1S/C21H26N4O3S/c1-5-21(13-7-6-8-14(9-13)25-29(4,27)28)15-12-22-24-19(15)23-16-10-20(2,3)11-17(26)18(16)21/h6-9,12,19,23,25H,5,10-11H2,1-4H3. The molecule has 0 spiro atoms. The maximum Gasteiger partial charge on any atom is 0.229 e. The molecule has 1 aliphatic carbocycles. The van der Waals surface area contributed by atoms with Crippen LogP contribution in [0.4, 0.5) is 5.69 Å². The minimum Gasteiger partial charge on any atom is -0.362 e. The second-order valence-corrected chi connectivity index (χ2v) is 10.6.